The maximum Gasteiger partial charge on any atom is 0.321 e. The van der Waals surface area contributed by atoms with E-state index >= 15 is 0 Å². The average Bonchev–Trinajstić information content (AvgIpc) is 3.27. The number of rotatable bonds is 8. The van der Waals surface area contributed by atoms with Crippen LogP contribution in [-0.4, -0.2) is 48.3 Å². The normalized spacial score (nSPS) is 17.2. The minimum atomic E-state index is -1.10. The van der Waals surface area contributed by atoms with Gasteiger partial charge in [-0.15, -0.1) is 0 Å². The fourth-order valence-corrected chi connectivity index (χ4v) is 4.63. The Balaban J connectivity index is 1.68. The van der Waals surface area contributed by atoms with Crippen LogP contribution in [0.2, 0.25) is 0 Å². The average molecular weight is 486 g/mol. The van der Waals surface area contributed by atoms with E-state index < -0.39 is 17.9 Å². The molecule has 1 amide bonds. The zero-order valence-corrected chi connectivity index (χ0v) is 20.2. The number of benzene rings is 3. The van der Waals surface area contributed by atoms with Crippen molar-refractivity contribution in [2.75, 3.05) is 31.8 Å². The highest BCUT2D eigenvalue weighted by molar-refractivity contribution is 6.08. The van der Waals surface area contributed by atoms with Gasteiger partial charge in [-0.3, -0.25) is 14.5 Å². The van der Waals surface area contributed by atoms with Crippen LogP contribution in [0.1, 0.15) is 18.5 Å². The zero-order valence-electron chi connectivity index (χ0n) is 20.2. The van der Waals surface area contributed by atoms with Gasteiger partial charge in [-0.2, -0.15) is 0 Å². The summed E-state index contributed by atoms with van der Waals surface area (Å²) < 4.78 is 18.7. The van der Waals surface area contributed by atoms with E-state index in [1.165, 1.54) is 4.90 Å². The van der Waals surface area contributed by atoms with Gasteiger partial charge in [0, 0.05) is 7.11 Å². The molecule has 1 aliphatic heterocycles. The van der Waals surface area contributed by atoms with Crippen molar-refractivity contribution >= 4 is 28.9 Å². The Kier molecular flexibility index (Phi) is 6.69. The number of esters is 1. The molecule has 0 unspecified atom stereocenters. The smallest absolute Gasteiger partial charge is 0.321 e. The Labute approximate surface area is 209 Å². The molecule has 1 aliphatic rings. The second-order valence-corrected chi connectivity index (χ2v) is 8.42. The molecular weight excluding hydrogens is 458 g/mol. The molecule has 2 heterocycles. The third kappa shape index (κ3) is 4.31. The van der Waals surface area contributed by atoms with Gasteiger partial charge in [-0.25, -0.2) is 4.98 Å². The molecule has 0 spiro atoms. The number of imidazole rings is 1. The summed E-state index contributed by atoms with van der Waals surface area (Å²) >= 11 is 0. The number of para-hydroxylation sites is 3. The Morgan fingerprint density at radius 1 is 0.972 bits per heavy atom. The largest absolute Gasteiger partial charge is 0.465 e. The number of methoxy groups -OCH3 is 1. The Morgan fingerprint density at radius 2 is 1.72 bits per heavy atom. The minimum Gasteiger partial charge on any atom is -0.465 e. The first-order valence-electron chi connectivity index (χ1n) is 11.9. The van der Waals surface area contributed by atoms with Gasteiger partial charge in [0.25, 0.3) is 0 Å². The summed E-state index contributed by atoms with van der Waals surface area (Å²) in [6, 6.07) is 23.9. The van der Waals surface area contributed by atoms with Crippen LogP contribution in [0.3, 0.4) is 0 Å². The fourth-order valence-electron chi connectivity index (χ4n) is 4.63. The van der Waals surface area contributed by atoms with Crippen molar-refractivity contribution in [2.45, 2.75) is 13.0 Å². The van der Waals surface area contributed by atoms with E-state index in [2.05, 4.69) is 0 Å². The Bertz CT molecular complexity index is 1380. The fraction of sp³-hybridized carbons (Fsp3) is 0.250. The molecule has 8 nitrogen and oxygen atoms in total. The van der Waals surface area contributed by atoms with Crippen molar-refractivity contribution in [1.29, 1.82) is 0 Å². The maximum atomic E-state index is 13.8. The number of carbonyl (C=O) groups excluding carboxylic acids is 2. The molecule has 184 valence electrons. The summed E-state index contributed by atoms with van der Waals surface area (Å²) in [5.41, 5.74) is 2.29. The number of amides is 1. The molecule has 1 aromatic heterocycles. The number of hydrogen-bond donors (Lipinski definition) is 0. The van der Waals surface area contributed by atoms with Gasteiger partial charge in [0.2, 0.25) is 11.9 Å². The van der Waals surface area contributed by atoms with Crippen molar-refractivity contribution < 1.29 is 23.8 Å². The maximum absolute atomic E-state index is 13.8. The second-order valence-electron chi connectivity index (χ2n) is 8.42. The predicted molar refractivity (Wildman–Crippen MR) is 135 cm³/mol. The summed E-state index contributed by atoms with van der Waals surface area (Å²) in [7, 11) is 1.57. The first-order chi connectivity index (χ1) is 17.6. The van der Waals surface area contributed by atoms with Crippen LogP contribution < -0.4 is 9.64 Å². The molecule has 0 aliphatic carbocycles. The summed E-state index contributed by atoms with van der Waals surface area (Å²) in [6.45, 7) is 2.46. The van der Waals surface area contributed by atoms with Gasteiger partial charge in [0.05, 0.1) is 36.8 Å². The number of nitrogens with zero attached hydrogens (tertiary/aromatic N) is 3. The van der Waals surface area contributed by atoms with E-state index in [1.54, 1.807) is 14.0 Å². The van der Waals surface area contributed by atoms with Crippen LogP contribution in [0.25, 0.3) is 11.0 Å². The van der Waals surface area contributed by atoms with Crippen LogP contribution in [0.5, 0.6) is 11.5 Å². The van der Waals surface area contributed by atoms with E-state index in [4.69, 9.17) is 19.2 Å². The molecule has 0 saturated heterocycles. The van der Waals surface area contributed by atoms with Gasteiger partial charge in [-0.05, 0) is 48.9 Å². The topological polar surface area (TPSA) is 82.9 Å². The minimum absolute atomic E-state index is 0.169. The highest BCUT2D eigenvalue weighted by Gasteiger charge is 2.47. The van der Waals surface area contributed by atoms with Crippen LogP contribution in [0, 0.1) is 5.92 Å². The summed E-state index contributed by atoms with van der Waals surface area (Å²) in [5, 5.41) is 0. The number of fused-ring (bicyclic) bond motifs is 3. The van der Waals surface area contributed by atoms with Crippen molar-refractivity contribution in [3.05, 3.63) is 84.4 Å². The molecule has 5 rings (SSSR count). The zero-order chi connectivity index (χ0) is 25.1. The standard InChI is InChI=1S/C28H27N3O5/c1-3-35-27(33)24-25(19-10-9-13-21(18-19)36-20-11-5-4-6-12-20)31-23-15-8-7-14-22(23)29-28(31)30(26(24)32)16-17-34-2/h4-15,18,24-25H,3,16-17H2,1-2H3/t24-,25+/m1/s1. The van der Waals surface area contributed by atoms with Crippen molar-refractivity contribution in [1.82, 2.24) is 9.55 Å². The SMILES string of the molecule is CCOC(=O)[C@H]1C(=O)N(CCOC)c2nc3ccccc3n2[C@H]1c1cccc(Oc2ccccc2)c1. The van der Waals surface area contributed by atoms with E-state index in [0.29, 0.717) is 24.1 Å². The predicted octanol–water partition coefficient (Wildman–Crippen LogP) is 4.59. The number of hydrogen-bond acceptors (Lipinski definition) is 6. The monoisotopic (exact) mass is 485 g/mol. The first kappa shape index (κ1) is 23.6. The van der Waals surface area contributed by atoms with Crippen molar-refractivity contribution in [3.8, 4) is 11.5 Å². The van der Waals surface area contributed by atoms with Crippen LogP contribution >= 0.6 is 0 Å². The lowest BCUT2D eigenvalue weighted by Crippen LogP contribution is -2.51. The van der Waals surface area contributed by atoms with Crippen LogP contribution in [-0.2, 0) is 19.1 Å². The molecule has 0 radical (unpaired) electrons. The van der Waals surface area contributed by atoms with Crippen molar-refractivity contribution in [2.24, 2.45) is 5.92 Å². The van der Waals surface area contributed by atoms with Crippen LogP contribution in [0.15, 0.2) is 78.9 Å². The summed E-state index contributed by atoms with van der Waals surface area (Å²) in [6.07, 6.45) is 0. The van der Waals surface area contributed by atoms with E-state index in [1.807, 2.05) is 83.4 Å². The third-order valence-corrected chi connectivity index (χ3v) is 6.18. The molecule has 0 fully saturated rings. The molecule has 3 aromatic carbocycles. The lowest BCUT2D eigenvalue weighted by molar-refractivity contribution is -0.153. The summed E-state index contributed by atoms with van der Waals surface area (Å²) in [5.74, 6) is -0.283. The first-order valence-corrected chi connectivity index (χ1v) is 11.9. The number of aromatic nitrogens is 2. The molecule has 0 bridgehead atoms. The third-order valence-electron chi connectivity index (χ3n) is 6.18. The number of ether oxygens (including phenoxy) is 3. The number of carbonyl (C=O) groups is 2. The van der Waals surface area contributed by atoms with Gasteiger partial charge in [0.15, 0.2) is 5.92 Å². The Morgan fingerprint density at radius 3 is 2.50 bits per heavy atom. The van der Waals surface area contributed by atoms with E-state index in [0.717, 1.165) is 16.6 Å². The molecule has 36 heavy (non-hydrogen) atoms. The van der Waals surface area contributed by atoms with Gasteiger partial charge < -0.3 is 18.8 Å². The molecule has 0 N–H and O–H groups in total. The van der Waals surface area contributed by atoms with Gasteiger partial charge in [0.1, 0.15) is 11.5 Å². The summed E-state index contributed by atoms with van der Waals surface area (Å²) in [4.78, 5) is 33.4. The lowest BCUT2D eigenvalue weighted by atomic mass is 9.89. The Hall–Kier alpha value is -4.17. The quantitative estimate of drug-likeness (QED) is 0.268. The van der Waals surface area contributed by atoms with E-state index in [-0.39, 0.29) is 19.1 Å². The van der Waals surface area contributed by atoms with Gasteiger partial charge >= 0.3 is 5.97 Å². The second kappa shape index (κ2) is 10.2. The lowest BCUT2D eigenvalue weighted by Gasteiger charge is -2.37. The molecule has 4 aromatic rings. The molecular formula is C28H27N3O5. The van der Waals surface area contributed by atoms with Gasteiger partial charge in [-0.1, -0.05) is 42.5 Å². The number of anilines is 1. The molecule has 0 saturated carbocycles. The van der Waals surface area contributed by atoms with Crippen molar-refractivity contribution in [3.63, 3.8) is 0 Å². The molecule has 2 atom stereocenters. The highest BCUT2D eigenvalue weighted by Crippen LogP contribution is 2.42. The molecule has 8 heteroatoms. The van der Waals surface area contributed by atoms with Crippen LogP contribution in [0.4, 0.5) is 5.95 Å². The van der Waals surface area contributed by atoms with E-state index in [9.17, 15) is 9.59 Å². The highest BCUT2D eigenvalue weighted by atomic mass is 16.5.